The lowest BCUT2D eigenvalue weighted by molar-refractivity contribution is 0.0952. The average Bonchev–Trinajstić information content (AvgIpc) is 3.00. The van der Waals surface area contributed by atoms with Crippen LogP contribution < -0.4 is 10.9 Å². The molecular formula is C16H15FN4O3. The molecule has 0 saturated carbocycles. The van der Waals surface area contributed by atoms with Gasteiger partial charge in [-0.15, -0.1) is 0 Å². The molecule has 0 saturated heterocycles. The maximum Gasteiger partial charge on any atom is 0.252 e. The van der Waals surface area contributed by atoms with Crippen LogP contribution in [0.2, 0.25) is 0 Å². The zero-order valence-corrected chi connectivity index (χ0v) is 12.9. The number of halogens is 1. The first-order valence-corrected chi connectivity index (χ1v) is 7.19. The summed E-state index contributed by atoms with van der Waals surface area (Å²) in [7, 11) is 1.56. The zero-order valence-electron chi connectivity index (χ0n) is 12.9. The SMILES string of the molecule is COCc1cc(CNC(=O)c2cc(=O)[nH]c3ccc(F)cc23)[nH]n1. The van der Waals surface area contributed by atoms with Crippen molar-refractivity contribution in [3.05, 3.63) is 63.5 Å². The van der Waals surface area contributed by atoms with E-state index in [4.69, 9.17) is 4.74 Å². The van der Waals surface area contributed by atoms with Crippen LogP contribution in [0.15, 0.2) is 35.1 Å². The summed E-state index contributed by atoms with van der Waals surface area (Å²) in [6.07, 6.45) is 0. The van der Waals surface area contributed by atoms with Crippen LogP contribution in [0.3, 0.4) is 0 Å². The number of ether oxygens (including phenoxy) is 1. The standard InChI is InChI=1S/C16H15FN4O3/c1-24-8-11-5-10(20-21-11)7-18-16(23)13-6-15(22)19-14-3-2-9(17)4-12(13)14/h2-6H,7-8H2,1H3,(H,18,23)(H,19,22)(H,20,21). The van der Waals surface area contributed by atoms with E-state index in [-0.39, 0.29) is 12.1 Å². The Hall–Kier alpha value is -3.00. The third-order valence-electron chi connectivity index (χ3n) is 3.47. The van der Waals surface area contributed by atoms with Crippen molar-refractivity contribution in [2.45, 2.75) is 13.2 Å². The molecule has 0 aliphatic heterocycles. The van der Waals surface area contributed by atoms with Gasteiger partial charge in [-0.1, -0.05) is 0 Å². The number of hydrogen-bond acceptors (Lipinski definition) is 4. The first kappa shape index (κ1) is 15.9. The van der Waals surface area contributed by atoms with Gasteiger partial charge in [0, 0.05) is 24.1 Å². The average molecular weight is 330 g/mol. The van der Waals surface area contributed by atoms with Crippen molar-refractivity contribution in [1.29, 1.82) is 0 Å². The highest BCUT2D eigenvalue weighted by atomic mass is 19.1. The van der Waals surface area contributed by atoms with Crippen molar-refractivity contribution in [1.82, 2.24) is 20.5 Å². The number of amides is 1. The van der Waals surface area contributed by atoms with Crippen LogP contribution in [0.5, 0.6) is 0 Å². The molecule has 0 bridgehead atoms. The molecule has 2 heterocycles. The smallest absolute Gasteiger partial charge is 0.252 e. The van der Waals surface area contributed by atoms with Crippen LogP contribution in [-0.2, 0) is 17.9 Å². The Morgan fingerprint density at radius 1 is 1.33 bits per heavy atom. The zero-order chi connectivity index (χ0) is 17.1. The number of hydrogen-bond donors (Lipinski definition) is 3. The van der Waals surface area contributed by atoms with E-state index >= 15 is 0 Å². The molecule has 0 fully saturated rings. The molecule has 0 aliphatic carbocycles. The number of methoxy groups -OCH3 is 1. The number of carbonyl (C=O) groups excluding carboxylic acids is 1. The fraction of sp³-hybridized carbons (Fsp3) is 0.188. The van der Waals surface area contributed by atoms with Gasteiger partial charge in [0.1, 0.15) is 5.82 Å². The molecule has 2 aromatic heterocycles. The van der Waals surface area contributed by atoms with E-state index in [0.717, 1.165) is 6.07 Å². The lowest BCUT2D eigenvalue weighted by Gasteiger charge is -2.07. The van der Waals surface area contributed by atoms with E-state index in [1.54, 1.807) is 13.2 Å². The topological polar surface area (TPSA) is 99.9 Å². The molecule has 124 valence electrons. The molecule has 0 aliphatic rings. The van der Waals surface area contributed by atoms with Gasteiger partial charge in [-0.25, -0.2) is 4.39 Å². The van der Waals surface area contributed by atoms with Gasteiger partial charge in [0.25, 0.3) is 5.91 Å². The van der Waals surface area contributed by atoms with Crippen molar-refractivity contribution in [3.8, 4) is 0 Å². The molecule has 1 aromatic carbocycles. The highest BCUT2D eigenvalue weighted by Crippen LogP contribution is 2.16. The molecular weight excluding hydrogens is 315 g/mol. The predicted molar refractivity (Wildman–Crippen MR) is 85.0 cm³/mol. The van der Waals surface area contributed by atoms with Crippen LogP contribution in [0.1, 0.15) is 21.7 Å². The van der Waals surface area contributed by atoms with Crippen molar-refractivity contribution < 1.29 is 13.9 Å². The summed E-state index contributed by atoms with van der Waals surface area (Å²) in [6, 6.07) is 6.78. The molecule has 3 aromatic rings. The fourth-order valence-electron chi connectivity index (χ4n) is 2.41. The van der Waals surface area contributed by atoms with Gasteiger partial charge in [-0.2, -0.15) is 5.10 Å². The number of aromatic nitrogens is 3. The van der Waals surface area contributed by atoms with Crippen LogP contribution in [0.4, 0.5) is 4.39 Å². The summed E-state index contributed by atoms with van der Waals surface area (Å²) in [5, 5.41) is 9.84. The predicted octanol–water partition coefficient (Wildman–Crippen LogP) is 1.47. The number of H-pyrrole nitrogens is 2. The number of carbonyl (C=O) groups is 1. The second kappa shape index (κ2) is 6.63. The summed E-state index contributed by atoms with van der Waals surface area (Å²) in [6.45, 7) is 0.557. The molecule has 24 heavy (non-hydrogen) atoms. The lowest BCUT2D eigenvalue weighted by Crippen LogP contribution is -2.25. The molecule has 0 radical (unpaired) electrons. The normalized spacial score (nSPS) is 10.9. The monoisotopic (exact) mass is 330 g/mol. The minimum absolute atomic E-state index is 0.116. The molecule has 8 heteroatoms. The third-order valence-corrected chi connectivity index (χ3v) is 3.47. The Bertz CT molecular complexity index is 948. The van der Waals surface area contributed by atoms with E-state index in [1.807, 2.05) is 0 Å². The van der Waals surface area contributed by atoms with E-state index in [0.29, 0.717) is 28.9 Å². The molecule has 0 spiro atoms. The largest absolute Gasteiger partial charge is 0.378 e. The Balaban J connectivity index is 1.82. The van der Waals surface area contributed by atoms with Crippen LogP contribution in [0, 0.1) is 5.82 Å². The van der Waals surface area contributed by atoms with Crippen LogP contribution in [0.25, 0.3) is 10.9 Å². The highest BCUT2D eigenvalue weighted by Gasteiger charge is 2.13. The van der Waals surface area contributed by atoms with Gasteiger partial charge in [-0.3, -0.25) is 14.7 Å². The van der Waals surface area contributed by atoms with Crippen LogP contribution in [-0.4, -0.2) is 28.2 Å². The van der Waals surface area contributed by atoms with Gasteiger partial charge in [-0.05, 0) is 24.3 Å². The first-order chi connectivity index (χ1) is 11.6. The second-order valence-electron chi connectivity index (χ2n) is 5.24. The maximum absolute atomic E-state index is 13.5. The number of aromatic amines is 2. The fourth-order valence-corrected chi connectivity index (χ4v) is 2.41. The van der Waals surface area contributed by atoms with E-state index in [1.165, 1.54) is 18.2 Å². The van der Waals surface area contributed by atoms with Crippen LogP contribution >= 0.6 is 0 Å². The van der Waals surface area contributed by atoms with E-state index < -0.39 is 17.3 Å². The third kappa shape index (κ3) is 3.33. The number of benzene rings is 1. The maximum atomic E-state index is 13.5. The van der Waals surface area contributed by atoms with Gasteiger partial charge in [0.15, 0.2) is 0 Å². The van der Waals surface area contributed by atoms with Crippen molar-refractivity contribution >= 4 is 16.8 Å². The Kier molecular flexibility index (Phi) is 4.39. The molecule has 3 rings (SSSR count). The van der Waals surface area contributed by atoms with Gasteiger partial charge in [0.2, 0.25) is 5.56 Å². The summed E-state index contributed by atoms with van der Waals surface area (Å²) >= 11 is 0. The Labute approximate surface area is 135 Å². The van der Waals surface area contributed by atoms with E-state index in [2.05, 4.69) is 20.5 Å². The molecule has 7 nitrogen and oxygen atoms in total. The second-order valence-corrected chi connectivity index (χ2v) is 5.24. The van der Waals surface area contributed by atoms with Crippen molar-refractivity contribution in [2.24, 2.45) is 0 Å². The van der Waals surface area contributed by atoms with Gasteiger partial charge in [0.05, 0.1) is 30.1 Å². The number of rotatable bonds is 5. The summed E-state index contributed by atoms with van der Waals surface area (Å²) in [5.74, 6) is -0.957. The molecule has 0 unspecified atom stereocenters. The molecule has 0 atom stereocenters. The number of nitrogens with one attached hydrogen (secondary N) is 3. The number of nitrogens with zero attached hydrogens (tertiary/aromatic N) is 1. The Morgan fingerprint density at radius 3 is 2.96 bits per heavy atom. The van der Waals surface area contributed by atoms with Crippen molar-refractivity contribution in [3.63, 3.8) is 0 Å². The number of fused-ring (bicyclic) bond motifs is 1. The first-order valence-electron chi connectivity index (χ1n) is 7.19. The highest BCUT2D eigenvalue weighted by molar-refractivity contribution is 6.05. The minimum atomic E-state index is -0.485. The summed E-state index contributed by atoms with van der Waals surface area (Å²) in [5.41, 5.74) is 1.49. The quantitative estimate of drug-likeness (QED) is 0.659. The minimum Gasteiger partial charge on any atom is -0.378 e. The van der Waals surface area contributed by atoms with Gasteiger partial charge >= 0.3 is 0 Å². The van der Waals surface area contributed by atoms with Crippen molar-refractivity contribution in [2.75, 3.05) is 7.11 Å². The summed E-state index contributed by atoms with van der Waals surface area (Å²) in [4.78, 5) is 26.6. The van der Waals surface area contributed by atoms with E-state index in [9.17, 15) is 14.0 Å². The van der Waals surface area contributed by atoms with Gasteiger partial charge < -0.3 is 15.0 Å². The summed E-state index contributed by atoms with van der Waals surface area (Å²) < 4.78 is 18.4. The Morgan fingerprint density at radius 2 is 2.17 bits per heavy atom. The lowest BCUT2D eigenvalue weighted by atomic mass is 10.1. The molecule has 1 amide bonds. The number of pyridine rings is 1. The molecule has 3 N–H and O–H groups in total.